The van der Waals surface area contributed by atoms with Crippen LogP contribution in [0.25, 0.3) is 33.2 Å². The Labute approximate surface area is 204 Å². The summed E-state index contributed by atoms with van der Waals surface area (Å²) in [7, 11) is 1.74. The highest BCUT2D eigenvalue weighted by atomic mass is 16.1. The monoisotopic (exact) mass is 461 g/mol. The lowest BCUT2D eigenvalue weighted by atomic mass is 9.96. The summed E-state index contributed by atoms with van der Waals surface area (Å²) in [4.78, 5) is 22.9. The standard InChI is InChI=1S/C29H27N5O/c1-34-28(35)26(25-13-7-11-21-10-5-6-12-24(21)25)27(22-14-16-31-17-15-22)33-29(34)32-19-23(30)18-20-8-3-2-4-9-20/h2-17,23H,18-19,30H2,1H3,(H,32,33)/t23-/m0/s1. The van der Waals surface area contributed by atoms with Crippen molar-refractivity contribution in [1.82, 2.24) is 14.5 Å². The number of nitrogens with one attached hydrogen (secondary N) is 1. The lowest BCUT2D eigenvalue weighted by molar-refractivity contribution is 0.688. The van der Waals surface area contributed by atoms with Crippen molar-refractivity contribution in [2.45, 2.75) is 12.5 Å². The van der Waals surface area contributed by atoms with Gasteiger partial charge in [-0.3, -0.25) is 14.3 Å². The largest absolute Gasteiger partial charge is 0.354 e. The Hall–Kier alpha value is -4.29. The molecule has 3 N–H and O–H groups in total. The fourth-order valence-electron chi connectivity index (χ4n) is 4.38. The number of nitrogens with zero attached hydrogens (tertiary/aromatic N) is 3. The molecule has 0 saturated carbocycles. The first-order chi connectivity index (χ1) is 17.1. The molecule has 0 aliphatic heterocycles. The van der Waals surface area contributed by atoms with Crippen molar-refractivity contribution >= 4 is 16.7 Å². The SMILES string of the molecule is Cn1c(NC[C@@H](N)Cc2ccccc2)nc(-c2ccncc2)c(-c2cccc3ccccc23)c1=O. The van der Waals surface area contributed by atoms with Crippen molar-refractivity contribution in [3.8, 4) is 22.4 Å². The Balaban J connectivity index is 1.57. The second-order valence-corrected chi connectivity index (χ2v) is 8.62. The molecule has 0 aliphatic carbocycles. The van der Waals surface area contributed by atoms with E-state index >= 15 is 0 Å². The highest BCUT2D eigenvalue weighted by Gasteiger charge is 2.20. The molecular weight excluding hydrogens is 434 g/mol. The third-order valence-electron chi connectivity index (χ3n) is 6.17. The molecule has 0 saturated heterocycles. The van der Waals surface area contributed by atoms with Crippen LogP contribution in [0.4, 0.5) is 5.95 Å². The molecule has 35 heavy (non-hydrogen) atoms. The van der Waals surface area contributed by atoms with Crippen LogP contribution in [0.1, 0.15) is 5.56 Å². The van der Waals surface area contributed by atoms with Gasteiger partial charge in [-0.1, -0.05) is 72.8 Å². The van der Waals surface area contributed by atoms with E-state index in [1.807, 2.05) is 72.8 Å². The summed E-state index contributed by atoms with van der Waals surface area (Å²) in [5.74, 6) is 0.481. The van der Waals surface area contributed by atoms with Crippen LogP contribution in [0.5, 0.6) is 0 Å². The predicted molar refractivity (Wildman–Crippen MR) is 142 cm³/mol. The second-order valence-electron chi connectivity index (χ2n) is 8.62. The van der Waals surface area contributed by atoms with Crippen molar-refractivity contribution in [1.29, 1.82) is 0 Å². The Bertz CT molecular complexity index is 1510. The molecule has 6 nitrogen and oxygen atoms in total. The van der Waals surface area contributed by atoms with Gasteiger partial charge in [-0.2, -0.15) is 0 Å². The maximum Gasteiger partial charge on any atom is 0.263 e. The Kier molecular flexibility index (Phi) is 6.37. The molecule has 2 aromatic heterocycles. The molecule has 1 atom stereocenters. The van der Waals surface area contributed by atoms with Crippen LogP contribution in [0.15, 0.2) is 102 Å². The molecular formula is C29H27N5O. The number of pyridine rings is 1. The number of anilines is 1. The van der Waals surface area contributed by atoms with Gasteiger partial charge < -0.3 is 11.1 Å². The average Bonchev–Trinajstić information content (AvgIpc) is 2.90. The van der Waals surface area contributed by atoms with E-state index in [1.54, 1.807) is 24.0 Å². The molecule has 0 fully saturated rings. The molecule has 0 aliphatic rings. The molecule has 6 heteroatoms. The predicted octanol–water partition coefficient (Wildman–Crippen LogP) is 4.64. The summed E-state index contributed by atoms with van der Waals surface area (Å²) in [6.07, 6.45) is 4.15. The lowest BCUT2D eigenvalue weighted by Crippen LogP contribution is -2.34. The van der Waals surface area contributed by atoms with Crippen LogP contribution in [0, 0.1) is 0 Å². The van der Waals surface area contributed by atoms with E-state index in [0.29, 0.717) is 23.8 Å². The quantitative estimate of drug-likeness (QED) is 0.369. The van der Waals surface area contributed by atoms with Gasteiger partial charge >= 0.3 is 0 Å². The molecule has 174 valence electrons. The number of nitrogens with two attached hydrogens (primary N) is 1. The molecule has 3 aromatic carbocycles. The van der Waals surface area contributed by atoms with E-state index < -0.39 is 0 Å². The minimum Gasteiger partial charge on any atom is -0.354 e. The number of aromatic nitrogens is 3. The Morgan fingerprint density at radius 3 is 2.43 bits per heavy atom. The summed E-state index contributed by atoms with van der Waals surface area (Å²) >= 11 is 0. The first kappa shape index (κ1) is 22.5. The summed E-state index contributed by atoms with van der Waals surface area (Å²) in [5, 5.41) is 5.39. The van der Waals surface area contributed by atoms with Gasteiger partial charge in [-0.25, -0.2) is 4.98 Å². The van der Waals surface area contributed by atoms with Gasteiger partial charge in [-0.05, 0) is 40.5 Å². The number of benzene rings is 3. The average molecular weight is 462 g/mol. The molecule has 5 aromatic rings. The molecule has 0 bridgehead atoms. The third kappa shape index (κ3) is 4.69. The van der Waals surface area contributed by atoms with Gasteiger partial charge in [0.05, 0.1) is 11.3 Å². The van der Waals surface area contributed by atoms with Gasteiger partial charge in [0.25, 0.3) is 5.56 Å². The fourth-order valence-corrected chi connectivity index (χ4v) is 4.38. The number of fused-ring (bicyclic) bond motifs is 1. The fraction of sp³-hybridized carbons (Fsp3) is 0.138. The summed E-state index contributed by atoms with van der Waals surface area (Å²) < 4.78 is 1.57. The van der Waals surface area contributed by atoms with Gasteiger partial charge in [0, 0.05) is 37.6 Å². The van der Waals surface area contributed by atoms with Crippen molar-refractivity contribution < 1.29 is 0 Å². The van der Waals surface area contributed by atoms with Crippen molar-refractivity contribution in [3.05, 3.63) is 113 Å². The van der Waals surface area contributed by atoms with Crippen LogP contribution in [-0.2, 0) is 13.5 Å². The first-order valence-electron chi connectivity index (χ1n) is 11.6. The molecule has 5 rings (SSSR count). The molecule has 0 unspecified atom stereocenters. The number of hydrogen-bond donors (Lipinski definition) is 2. The summed E-state index contributed by atoms with van der Waals surface area (Å²) in [6, 6.07) is 27.8. The minimum atomic E-state index is -0.128. The summed E-state index contributed by atoms with van der Waals surface area (Å²) in [5.41, 5.74) is 10.3. The zero-order valence-corrected chi connectivity index (χ0v) is 19.6. The van der Waals surface area contributed by atoms with E-state index in [2.05, 4.69) is 22.4 Å². The van der Waals surface area contributed by atoms with E-state index in [1.165, 1.54) is 5.56 Å². The second kappa shape index (κ2) is 9.91. The smallest absolute Gasteiger partial charge is 0.263 e. The van der Waals surface area contributed by atoms with Gasteiger partial charge in [0.2, 0.25) is 5.95 Å². The van der Waals surface area contributed by atoms with Crippen LogP contribution in [-0.4, -0.2) is 27.1 Å². The summed E-state index contributed by atoms with van der Waals surface area (Å²) in [6.45, 7) is 0.485. The maximum absolute atomic E-state index is 13.8. The minimum absolute atomic E-state index is 0.123. The van der Waals surface area contributed by atoms with Crippen LogP contribution < -0.4 is 16.6 Å². The van der Waals surface area contributed by atoms with E-state index in [4.69, 9.17) is 10.7 Å². The van der Waals surface area contributed by atoms with Crippen LogP contribution in [0.3, 0.4) is 0 Å². The van der Waals surface area contributed by atoms with Crippen LogP contribution in [0.2, 0.25) is 0 Å². The van der Waals surface area contributed by atoms with E-state index in [0.717, 1.165) is 28.3 Å². The highest BCUT2D eigenvalue weighted by molar-refractivity contribution is 5.99. The van der Waals surface area contributed by atoms with Crippen LogP contribution >= 0.6 is 0 Å². The first-order valence-corrected chi connectivity index (χ1v) is 11.6. The third-order valence-corrected chi connectivity index (χ3v) is 6.17. The number of rotatable bonds is 7. The zero-order chi connectivity index (χ0) is 24.2. The maximum atomic E-state index is 13.8. The van der Waals surface area contributed by atoms with Gasteiger partial charge in [0.1, 0.15) is 0 Å². The number of hydrogen-bond acceptors (Lipinski definition) is 5. The molecule has 0 amide bonds. The normalized spacial score (nSPS) is 11.9. The molecule has 0 spiro atoms. The molecule has 0 radical (unpaired) electrons. The van der Waals surface area contributed by atoms with Crippen molar-refractivity contribution in [2.24, 2.45) is 12.8 Å². The van der Waals surface area contributed by atoms with E-state index in [9.17, 15) is 4.79 Å². The Morgan fingerprint density at radius 1 is 0.914 bits per heavy atom. The van der Waals surface area contributed by atoms with Crippen molar-refractivity contribution in [2.75, 3.05) is 11.9 Å². The highest BCUT2D eigenvalue weighted by Crippen LogP contribution is 2.33. The Morgan fingerprint density at radius 2 is 1.63 bits per heavy atom. The molecule has 2 heterocycles. The lowest BCUT2D eigenvalue weighted by Gasteiger charge is -2.18. The zero-order valence-electron chi connectivity index (χ0n) is 19.6. The van der Waals surface area contributed by atoms with E-state index in [-0.39, 0.29) is 11.6 Å². The topological polar surface area (TPSA) is 85.8 Å². The van der Waals surface area contributed by atoms with Gasteiger partial charge in [-0.15, -0.1) is 0 Å². The van der Waals surface area contributed by atoms with Gasteiger partial charge in [0.15, 0.2) is 0 Å². The van der Waals surface area contributed by atoms with Crippen molar-refractivity contribution in [3.63, 3.8) is 0 Å².